The topological polar surface area (TPSA) is 90.5 Å². The summed E-state index contributed by atoms with van der Waals surface area (Å²) in [6.45, 7) is 8.16. The molecule has 1 aromatic carbocycles. The van der Waals surface area contributed by atoms with Crippen molar-refractivity contribution >= 4 is 11.7 Å². The van der Waals surface area contributed by atoms with Gasteiger partial charge < -0.3 is 5.32 Å². The fourth-order valence-electron chi connectivity index (χ4n) is 2.43. The minimum atomic E-state index is -0.293. The van der Waals surface area contributed by atoms with Gasteiger partial charge in [0, 0.05) is 11.0 Å². The Bertz CT molecular complexity index is 938. The van der Waals surface area contributed by atoms with Gasteiger partial charge in [0.1, 0.15) is 18.2 Å². The Labute approximate surface area is 156 Å². The van der Waals surface area contributed by atoms with E-state index in [0.29, 0.717) is 18.2 Å². The van der Waals surface area contributed by atoms with E-state index in [1.807, 2.05) is 27.7 Å². The van der Waals surface area contributed by atoms with E-state index in [9.17, 15) is 9.18 Å². The van der Waals surface area contributed by atoms with Gasteiger partial charge in [-0.1, -0.05) is 32.9 Å². The standard InChI is InChI=1S/C18H22FN7O/c1-12-9-20-25(10-13-5-7-14(19)8-6-13)16(12)21-15(27)11-26-23-17(22-24-26)18(2,3)4/h5-9H,10-11H2,1-4H3,(H,21,27). The number of benzene rings is 1. The Hall–Kier alpha value is -3.10. The molecule has 0 atom stereocenters. The Kier molecular flexibility index (Phi) is 5.02. The van der Waals surface area contributed by atoms with Crippen molar-refractivity contribution in [2.24, 2.45) is 0 Å². The highest BCUT2D eigenvalue weighted by molar-refractivity contribution is 5.90. The Balaban J connectivity index is 1.70. The number of hydrogen-bond acceptors (Lipinski definition) is 5. The summed E-state index contributed by atoms with van der Waals surface area (Å²) >= 11 is 0. The van der Waals surface area contributed by atoms with E-state index < -0.39 is 0 Å². The zero-order chi connectivity index (χ0) is 19.6. The molecular weight excluding hydrogens is 349 g/mol. The number of carbonyl (C=O) groups is 1. The molecule has 0 aliphatic heterocycles. The van der Waals surface area contributed by atoms with Gasteiger partial charge in [0.2, 0.25) is 5.91 Å². The summed E-state index contributed by atoms with van der Waals surface area (Å²) in [5, 5.41) is 19.3. The molecule has 0 saturated heterocycles. The van der Waals surface area contributed by atoms with E-state index in [2.05, 4.69) is 25.8 Å². The Morgan fingerprint density at radius 1 is 1.22 bits per heavy atom. The van der Waals surface area contributed by atoms with E-state index in [-0.39, 0.29) is 23.7 Å². The third-order valence-electron chi connectivity index (χ3n) is 3.93. The number of aromatic nitrogens is 6. The van der Waals surface area contributed by atoms with Crippen LogP contribution in [-0.4, -0.2) is 35.9 Å². The van der Waals surface area contributed by atoms with E-state index in [4.69, 9.17) is 0 Å². The maximum absolute atomic E-state index is 13.1. The molecule has 9 heteroatoms. The molecule has 0 saturated carbocycles. The predicted molar refractivity (Wildman–Crippen MR) is 97.6 cm³/mol. The van der Waals surface area contributed by atoms with Crippen molar-refractivity contribution < 1.29 is 9.18 Å². The number of carbonyl (C=O) groups excluding carboxylic acids is 1. The number of anilines is 1. The van der Waals surface area contributed by atoms with Gasteiger partial charge in [-0.25, -0.2) is 9.07 Å². The Morgan fingerprint density at radius 3 is 2.56 bits per heavy atom. The lowest BCUT2D eigenvalue weighted by molar-refractivity contribution is -0.117. The predicted octanol–water partition coefficient (Wildman–Crippen LogP) is 2.30. The zero-order valence-electron chi connectivity index (χ0n) is 15.8. The summed E-state index contributed by atoms with van der Waals surface area (Å²) in [6, 6.07) is 6.16. The second-order valence-corrected chi connectivity index (χ2v) is 7.40. The molecule has 2 aromatic heterocycles. The van der Waals surface area contributed by atoms with Crippen LogP contribution in [0.3, 0.4) is 0 Å². The maximum atomic E-state index is 13.1. The van der Waals surface area contributed by atoms with Crippen LogP contribution in [0.4, 0.5) is 10.2 Å². The summed E-state index contributed by atoms with van der Waals surface area (Å²) in [5.41, 5.74) is 1.47. The number of amides is 1. The van der Waals surface area contributed by atoms with Crippen molar-refractivity contribution in [1.29, 1.82) is 0 Å². The smallest absolute Gasteiger partial charge is 0.249 e. The van der Waals surface area contributed by atoms with E-state index in [1.165, 1.54) is 16.9 Å². The van der Waals surface area contributed by atoms with Gasteiger partial charge in [-0.05, 0) is 29.8 Å². The van der Waals surface area contributed by atoms with Crippen LogP contribution in [-0.2, 0) is 23.3 Å². The summed E-state index contributed by atoms with van der Waals surface area (Å²) in [6.07, 6.45) is 1.67. The number of nitrogens with one attached hydrogen (secondary N) is 1. The van der Waals surface area contributed by atoms with Crippen LogP contribution in [0.25, 0.3) is 0 Å². The largest absolute Gasteiger partial charge is 0.309 e. The highest BCUT2D eigenvalue weighted by Crippen LogP contribution is 2.17. The highest BCUT2D eigenvalue weighted by Gasteiger charge is 2.21. The van der Waals surface area contributed by atoms with Crippen molar-refractivity contribution in [3.63, 3.8) is 0 Å². The third-order valence-corrected chi connectivity index (χ3v) is 3.93. The van der Waals surface area contributed by atoms with Crippen molar-refractivity contribution in [1.82, 2.24) is 30.0 Å². The molecule has 1 amide bonds. The lowest BCUT2D eigenvalue weighted by atomic mass is 9.96. The van der Waals surface area contributed by atoms with Gasteiger partial charge >= 0.3 is 0 Å². The zero-order valence-corrected chi connectivity index (χ0v) is 15.8. The molecule has 27 heavy (non-hydrogen) atoms. The third kappa shape index (κ3) is 4.55. The van der Waals surface area contributed by atoms with Gasteiger partial charge in [-0.15, -0.1) is 10.2 Å². The van der Waals surface area contributed by atoms with Crippen molar-refractivity contribution in [3.05, 3.63) is 53.2 Å². The molecule has 0 radical (unpaired) electrons. The van der Waals surface area contributed by atoms with E-state index >= 15 is 0 Å². The molecule has 0 aliphatic carbocycles. The minimum Gasteiger partial charge on any atom is -0.309 e. The number of hydrogen-bond donors (Lipinski definition) is 1. The SMILES string of the molecule is Cc1cnn(Cc2ccc(F)cc2)c1NC(=O)Cn1nnc(C(C)(C)C)n1. The first kappa shape index (κ1) is 18.7. The van der Waals surface area contributed by atoms with Gasteiger partial charge in [-0.3, -0.25) is 4.79 Å². The molecular formula is C18H22FN7O. The van der Waals surface area contributed by atoms with Gasteiger partial charge in [0.05, 0.1) is 12.7 Å². The number of aryl methyl sites for hydroxylation is 1. The quantitative estimate of drug-likeness (QED) is 0.743. The van der Waals surface area contributed by atoms with Crippen molar-refractivity contribution in [2.75, 3.05) is 5.32 Å². The van der Waals surface area contributed by atoms with Crippen LogP contribution >= 0.6 is 0 Å². The van der Waals surface area contributed by atoms with Crippen LogP contribution < -0.4 is 5.32 Å². The van der Waals surface area contributed by atoms with E-state index in [1.54, 1.807) is 23.0 Å². The summed E-state index contributed by atoms with van der Waals surface area (Å²) < 4.78 is 14.7. The fraction of sp³-hybridized carbons (Fsp3) is 0.389. The summed E-state index contributed by atoms with van der Waals surface area (Å²) in [5.74, 6) is 0.587. The molecule has 3 rings (SSSR count). The van der Waals surface area contributed by atoms with Gasteiger partial charge in [0.25, 0.3) is 0 Å². The number of tetrazole rings is 1. The Morgan fingerprint density at radius 2 is 1.93 bits per heavy atom. The average Bonchev–Trinajstić information content (AvgIpc) is 3.18. The lowest BCUT2D eigenvalue weighted by Gasteiger charge is -2.11. The molecule has 0 aliphatic rings. The molecule has 0 bridgehead atoms. The average molecular weight is 371 g/mol. The van der Waals surface area contributed by atoms with Gasteiger partial charge in [0.15, 0.2) is 5.82 Å². The second-order valence-electron chi connectivity index (χ2n) is 7.40. The van der Waals surface area contributed by atoms with Crippen LogP contribution in [0.5, 0.6) is 0 Å². The lowest BCUT2D eigenvalue weighted by Crippen LogP contribution is -2.23. The van der Waals surface area contributed by atoms with Crippen LogP contribution in [0.15, 0.2) is 30.5 Å². The molecule has 0 fully saturated rings. The van der Waals surface area contributed by atoms with Gasteiger partial charge in [-0.2, -0.15) is 9.90 Å². The first-order valence-corrected chi connectivity index (χ1v) is 8.57. The first-order valence-electron chi connectivity index (χ1n) is 8.57. The van der Waals surface area contributed by atoms with Crippen LogP contribution in [0.2, 0.25) is 0 Å². The molecule has 0 spiro atoms. The second kappa shape index (κ2) is 7.26. The monoisotopic (exact) mass is 371 g/mol. The minimum absolute atomic E-state index is 0.0513. The normalized spacial score (nSPS) is 11.6. The van der Waals surface area contributed by atoms with Crippen LogP contribution in [0, 0.1) is 12.7 Å². The summed E-state index contributed by atoms with van der Waals surface area (Å²) in [7, 11) is 0. The number of rotatable bonds is 5. The first-order chi connectivity index (χ1) is 12.7. The molecule has 8 nitrogen and oxygen atoms in total. The van der Waals surface area contributed by atoms with E-state index in [0.717, 1.165) is 11.1 Å². The molecule has 0 unspecified atom stereocenters. The van der Waals surface area contributed by atoms with Crippen molar-refractivity contribution in [2.45, 2.75) is 46.2 Å². The molecule has 3 aromatic rings. The molecule has 142 valence electrons. The molecule has 2 heterocycles. The fourth-order valence-corrected chi connectivity index (χ4v) is 2.43. The number of halogens is 1. The summed E-state index contributed by atoms with van der Waals surface area (Å²) in [4.78, 5) is 13.7. The maximum Gasteiger partial charge on any atom is 0.249 e. The highest BCUT2D eigenvalue weighted by atomic mass is 19.1. The number of nitrogens with zero attached hydrogens (tertiary/aromatic N) is 6. The van der Waals surface area contributed by atoms with Crippen molar-refractivity contribution in [3.8, 4) is 0 Å². The van der Waals surface area contributed by atoms with Crippen LogP contribution in [0.1, 0.15) is 37.7 Å². The molecule has 1 N–H and O–H groups in total.